The Hall–Kier alpha value is -0.570. The van der Waals surface area contributed by atoms with Crippen LogP contribution in [-0.4, -0.2) is 11.1 Å². The molecule has 0 aliphatic rings. The van der Waals surface area contributed by atoms with E-state index in [0.717, 1.165) is 38.5 Å². The number of carbonyl (C=O) groups is 1. The van der Waals surface area contributed by atoms with Crippen LogP contribution in [0.5, 0.6) is 0 Å². The summed E-state index contributed by atoms with van der Waals surface area (Å²) in [6.45, 7) is 6.22. The quantitative estimate of drug-likeness (QED) is 0.491. The maximum atomic E-state index is 11.6. The summed E-state index contributed by atoms with van der Waals surface area (Å²) in [7, 11) is 0. The van der Waals surface area contributed by atoms with Crippen molar-refractivity contribution < 1.29 is 10.0 Å². The number of rotatable bonds is 7. The molecule has 14 heavy (non-hydrogen) atoms. The third kappa shape index (κ3) is 3.29. The molecule has 0 saturated carbocycles. The average molecular weight is 201 g/mol. The first-order valence-corrected chi connectivity index (χ1v) is 5.61. The Labute approximate surface area is 86.8 Å². The van der Waals surface area contributed by atoms with Crippen molar-refractivity contribution in [2.45, 2.75) is 59.3 Å². The van der Waals surface area contributed by atoms with Crippen molar-refractivity contribution in [1.82, 2.24) is 5.48 Å². The second-order valence-corrected chi connectivity index (χ2v) is 3.97. The summed E-state index contributed by atoms with van der Waals surface area (Å²) in [5.41, 5.74) is 1.48. The third-order valence-electron chi connectivity index (χ3n) is 2.77. The molecule has 0 rings (SSSR count). The molecule has 3 nitrogen and oxygen atoms in total. The van der Waals surface area contributed by atoms with Crippen LogP contribution in [0.15, 0.2) is 0 Å². The Kier molecular flexibility index (Phi) is 6.54. The number of hydroxylamine groups is 1. The SMILES string of the molecule is CCCC(CCC)(CCC)C(=O)NO. The van der Waals surface area contributed by atoms with E-state index < -0.39 is 0 Å². The van der Waals surface area contributed by atoms with Crippen molar-refractivity contribution in [2.75, 3.05) is 0 Å². The molecule has 0 heterocycles. The van der Waals surface area contributed by atoms with E-state index in [1.54, 1.807) is 0 Å². The molecule has 2 N–H and O–H groups in total. The molecule has 0 aliphatic carbocycles. The lowest BCUT2D eigenvalue weighted by Gasteiger charge is -2.30. The summed E-state index contributed by atoms with van der Waals surface area (Å²) in [5.74, 6) is -0.206. The lowest BCUT2D eigenvalue weighted by molar-refractivity contribution is -0.141. The zero-order valence-electron chi connectivity index (χ0n) is 9.60. The minimum absolute atomic E-state index is 0.206. The van der Waals surface area contributed by atoms with Gasteiger partial charge in [0.15, 0.2) is 0 Å². The second kappa shape index (κ2) is 6.82. The van der Waals surface area contributed by atoms with Crippen molar-refractivity contribution in [1.29, 1.82) is 0 Å². The van der Waals surface area contributed by atoms with Crippen molar-refractivity contribution >= 4 is 5.91 Å². The highest BCUT2D eigenvalue weighted by Crippen LogP contribution is 2.35. The van der Waals surface area contributed by atoms with E-state index in [9.17, 15) is 4.79 Å². The number of hydrogen-bond donors (Lipinski definition) is 2. The van der Waals surface area contributed by atoms with E-state index in [-0.39, 0.29) is 11.3 Å². The van der Waals surface area contributed by atoms with E-state index in [1.807, 2.05) is 5.48 Å². The Morgan fingerprint density at radius 1 is 1.07 bits per heavy atom. The van der Waals surface area contributed by atoms with Crippen LogP contribution in [0.1, 0.15) is 59.3 Å². The van der Waals surface area contributed by atoms with Gasteiger partial charge in [0.05, 0.1) is 5.41 Å². The first-order chi connectivity index (χ1) is 6.66. The Morgan fingerprint density at radius 2 is 1.43 bits per heavy atom. The van der Waals surface area contributed by atoms with Gasteiger partial charge in [-0.1, -0.05) is 40.0 Å². The minimum atomic E-state index is -0.340. The molecule has 0 fully saturated rings. The molecule has 0 radical (unpaired) electrons. The van der Waals surface area contributed by atoms with Crippen molar-refractivity contribution in [3.05, 3.63) is 0 Å². The summed E-state index contributed by atoms with van der Waals surface area (Å²) < 4.78 is 0. The molecule has 0 aromatic rings. The van der Waals surface area contributed by atoms with Gasteiger partial charge in [0, 0.05) is 0 Å². The summed E-state index contributed by atoms with van der Waals surface area (Å²) in [6, 6.07) is 0. The van der Waals surface area contributed by atoms with E-state index in [2.05, 4.69) is 20.8 Å². The van der Waals surface area contributed by atoms with Gasteiger partial charge in [-0.25, -0.2) is 5.48 Å². The third-order valence-corrected chi connectivity index (χ3v) is 2.77. The number of amides is 1. The van der Waals surface area contributed by atoms with Gasteiger partial charge in [0.1, 0.15) is 0 Å². The van der Waals surface area contributed by atoms with Crippen molar-refractivity contribution in [2.24, 2.45) is 5.41 Å². The smallest absolute Gasteiger partial charge is 0.249 e. The molecule has 0 bridgehead atoms. The van der Waals surface area contributed by atoms with Gasteiger partial charge in [-0.3, -0.25) is 10.0 Å². The largest absolute Gasteiger partial charge is 0.289 e. The first-order valence-electron chi connectivity index (χ1n) is 5.61. The zero-order valence-corrected chi connectivity index (χ0v) is 9.60. The van der Waals surface area contributed by atoms with Crippen LogP contribution >= 0.6 is 0 Å². The summed E-state index contributed by atoms with van der Waals surface area (Å²) in [6.07, 6.45) is 5.53. The normalized spacial score (nSPS) is 11.4. The molecule has 0 aromatic heterocycles. The second-order valence-electron chi connectivity index (χ2n) is 3.97. The molecule has 0 unspecified atom stereocenters. The molecule has 0 aliphatic heterocycles. The highest BCUT2D eigenvalue weighted by atomic mass is 16.5. The topological polar surface area (TPSA) is 49.3 Å². The number of carbonyl (C=O) groups excluding carboxylic acids is 1. The molecular weight excluding hydrogens is 178 g/mol. The van der Waals surface area contributed by atoms with Crippen LogP contribution < -0.4 is 5.48 Å². The fraction of sp³-hybridized carbons (Fsp3) is 0.909. The van der Waals surface area contributed by atoms with Crippen LogP contribution in [0.4, 0.5) is 0 Å². The van der Waals surface area contributed by atoms with Crippen LogP contribution in [0.25, 0.3) is 0 Å². The van der Waals surface area contributed by atoms with Crippen LogP contribution in [0.3, 0.4) is 0 Å². The molecule has 0 aromatic carbocycles. The predicted octanol–water partition coefficient (Wildman–Crippen LogP) is 2.88. The van der Waals surface area contributed by atoms with Gasteiger partial charge in [0.2, 0.25) is 5.91 Å². The van der Waals surface area contributed by atoms with E-state index in [4.69, 9.17) is 5.21 Å². The highest BCUT2D eigenvalue weighted by Gasteiger charge is 2.35. The van der Waals surface area contributed by atoms with Gasteiger partial charge in [0.25, 0.3) is 0 Å². The van der Waals surface area contributed by atoms with Gasteiger partial charge in [-0.05, 0) is 19.3 Å². The van der Waals surface area contributed by atoms with Crippen molar-refractivity contribution in [3.63, 3.8) is 0 Å². The first kappa shape index (κ1) is 13.4. The fourth-order valence-electron chi connectivity index (χ4n) is 2.27. The van der Waals surface area contributed by atoms with E-state index in [1.165, 1.54) is 0 Å². The van der Waals surface area contributed by atoms with Gasteiger partial charge >= 0.3 is 0 Å². The van der Waals surface area contributed by atoms with Gasteiger partial charge in [-0.15, -0.1) is 0 Å². The maximum absolute atomic E-state index is 11.6. The maximum Gasteiger partial charge on any atom is 0.249 e. The highest BCUT2D eigenvalue weighted by molar-refractivity contribution is 5.81. The summed E-state index contributed by atoms with van der Waals surface area (Å²) >= 11 is 0. The van der Waals surface area contributed by atoms with Crippen LogP contribution in [0.2, 0.25) is 0 Å². The molecule has 84 valence electrons. The van der Waals surface area contributed by atoms with E-state index >= 15 is 0 Å². The van der Waals surface area contributed by atoms with Crippen LogP contribution in [0, 0.1) is 5.41 Å². The van der Waals surface area contributed by atoms with Crippen molar-refractivity contribution in [3.8, 4) is 0 Å². The number of nitrogens with one attached hydrogen (secondary N) is 1. The zero-order chi connectivity index (χ0) is 11.0. The Bertz CT molecular complexity index is 152. The summed E-state index contributed by atoms with van der Waals surface area (Å²) in [4.78, 5) is 11.6. The van der Waals surface area contributed by atoms with Gasteiger partial charge in [-0.2, -0.15) is 0 Å². The van der Waals surface area contributed by atoms with E-state index in [0.29, 0.717) is 0 Å². The standard InChI is InChI=1S/C11H23NO2/c1-4-7-11(8-5-2,9-6-3)10(13)12-14/h14H,4-9H2,1-3H3,(H,12,13). The average Bonchev–Trinajstić information content (AvgIpc) is 2.17. The number of hydrogen-bond acceptors (Lipinski definition) is 2. The molecule has 3 heteroatoms. The molecule has 0 saturated heterocycles. The predicted molar refractivity (Wildman–Crippen MR) is 57.1 cm³/mol. The Balaban J connectivity index is 4.62. The Morgan fingerprint density at radius 3 is 1.64 bits per heavy atom. The lowest BCUT2D eigenvalue weighted by atomic mass is 9.75. The molecule has 0 atom stereocenters. The minimum Gasteiger partial charge on any atom is -0.289 e. The van der Waals surface area contributed by atoms with Crippen LogP contribution in [-0.2, 0) is 4.79 Å². The van der Waals surface area contributed by atoms with Gasteiger partial charge < -0.3 is 0 Å². The summed E-state index contributed by atoms with van der Waals surface area (Å²) in [5, 5.41) is 8.75. The lowest BCUT2D eigenvalue weighted by Crippen LogP contribution is -2.39. The fourth-order valence-corrected chi connectivity index (χ4v) is 2.27. The molecule has 0 spiro atoms. The molecular formula is C11H23NO2. The monoisotopic (exact) mass is 201 g/mol. The molecule has 1 amide bonds.